The molecule has 24 heavy (non-hydrogen) atoms. The van der Waals surface area contributed by atoms with Crippen molar-refractivity contribution >= 4 is 11.8 Å². The van der Waals surface area contributed by atoms with Gasteiger partial charge in [-0.25, -0.2) is 0 Å². The van der Waals surface area contributed by atoms with Gasteiger partial charge in [-0.3, -0.25) is 14.5 Å². The van der Waals surface area contributed by atoms with E-state index in [1.807, 2.05) is 4.90 Å². The van der Waals surface area contributed by atoms with Gasteiger partial charge in [0, 0.05) is 38.6 Å². The molecule has 0 aromatic carbocycles. The summed E-state index contributed by atoms with van der Waals surface area (Å²) >= 11 is 0. The zero-order chi connectivity index (χ0) is 16.5. The molecule has 134 valence electrons. The zero-order valence-electron chi connectivity index (χ0n) is 14.7. The summed E-state index contributed by atoms with van der Waals surface area (Å²) in [7, 11) is 0. The topological polar surface area (TPSA) is 52.7 Å². The normalized spacial score (nSPS) is 27.2. The first kappa shape index (κ1) is 16.4. The SMILES string of the molecule is O=C(NCC1CC1)C(C1CCCC1)N1CCN(C(=O)C2CC2)CC1. The zero-order valence-corrected chi connectivity index (χ0v) is 14.7. The molecule has 0 aromatic heterocycles. The molecule has 0 bridgehead atoms. The molecular weight excluding hydrogens is 302 g/mol. The predicted octanol–water partition coefficient (Wildman–Crippen LogP) is 1.63. The minimum Gasteiger partial charge on any atom is -0.354 e. The summed E-state index contributed by atoms with van der Waals surface area (Å²) in [5, 5.41) is 3.22. The van der Waals surface area contributed by atoms with Crippen LogP contribution in [0.3, 0.4) is 0 Å². The molecular formula is C19H31N3O2. The Balaban J connectivity index is 1.35. The van der Waals surface area contributed by atoms with Gasteiger partial charge in [-0.2, -0.15) is 0 Å². The minimum absolute atomic E-state index is 0.0319. The Morgan fingerprint density at radius 3 is 2.17 bits per heavy atom. The fourth-order valence-corrected chi connectivity index (χ4v) is 4.43. The van der Waals surface area contributed by atoms with Crippen molar-refractivity contribution in [1.82, 2.24) is 15.1 Å². The maximum absolute atomic E-state index is 12.9. The van der Waals surface area contributed by atoms with E-state index in [0.29, 0.717) is 17.7 Å². The van der Waals surface area contributed by atoms with Gasteiger partial charge in [-0.1, -0.05) is 12.8 Å². The van der Waals surface area contributed by atoms with E-state index in [0.717, 1.165) is 51.5 Å². The highest BCUT2D eigenvalue weighted by molar-refractivity contribution is 5.83. The molecule has 1 N–H and O–H groups in total. The third-order valence-electron chi connectivity index (χ3n) is 6.32. The lowest BCUT2D eigenvalue weighted by molar-refractivity contribution is -0.136. The van der Waals surface area contributed by atoms with Gasteiger partial charge in [0.25, 0.3) is 0 Å². The molecule has 1 heterocycles. The number of amides is 2. The summed E-state index contributed by atoms with van der Waals surface area (Å²) in [5.74, 6) is 2.14. The molecule has 1 aliphatic heterocycles. The van der Waals surface area contributed by atoms with Gasteiger partial charge in [-0.05, 0) is 50.4 Å². The van der Waals surface area contributed by atoms with E-state index >= 15 is 0 Å². The molecule has 5 heteroatoms. The van der Waals surface area contributed by atoms with Crippen molar-refractivity contribution in [2.45, 2.75) is 57.4 Å². The standard InChI is InChI=1S/C19H31N3O2/c23-18(20-13-14-5-6-14)17(15-3-1-2-4-15)21-9-11-22(12-10-21)19(24)16-7-8-16/h14-17H,1-13H2,(H,20,23). The molecule has 4 fully saturated rings. The van der Waals surface area contributed by atoms with E-state index in [1.54, 1.807) is 0 Å². The molecule has 3 aliphatic carbocycles. The van der Waals surface area contributed by atoms with Crippen LogP contribution in [0.2, 0.25) is 0 Å². The Labute approximate surface area is 145 Å². The molecule has 3 saturated carbocycles. The summed E-state index contributed by atoms with van der Waals surface area (Å²) < 4.78 is 0. The highest BCUT2D eigenvalue weighted by atomic mass is 16.2. The van der Waals surface area contributed by atoms with Crippen LogP contribution in [0.4, 0.5) is 0 Å². The molecule has 1 unspecified atom stereocenters. The van der Waals surface area contributed by atoms with Crippen LogP contribution in [0.25, 0.3) is 0 Å². The molecule has 0 aromatic rings. The van der Waals surface area contributed by atoms with E-state index in [4.69, 9.17) is 0 Å². The fraction of sp³-hybridized carbons (Fsp3) is 0.895. The van der Waals surface area contributed by atoms with Crippen LogP contribution in [0.1, 0.15) is 51.4 Å². The maximum Gasteiger partial charge on any atom is 0.237 e. The quantitative estimate of drug-likeness (QED) is 0.804. The van der Waals surface area contributed by atoms with Crippen molar-refractivity contribution in [2.24, 2.45) is 17.8 Å². The first-order chi connectivity index (χ1) is 11.7. The molecule has 2 amide bonds. The molecule has 4 rings (SSSR count). The van der Waals surface area contributed by atoms with Gasteiger partial charge < -0.3 is 10.2 Å². The van der Waals surface area contributed by atoms with Crippen molar-refractivity contribution < 1.29 is 9.59 Å². The number of rotatable bonds is 6. The van der Waals surface area contributed by atoms with Gasteiger partial charge in [0.2, 0.25) is 11.8 Å². The van der Waals surface area contributed by atoms with Crippen LogP contribution < -0.4 is 5.32 Å². The number of nitrogens with zero attached hydrogens (tertiary/aromatic N) is 2. The number of hydrogen-bond donors (Lipinski definition) is 1. The van der Waals surface area contributed by atoms with Crippen molar-refractivity contribution in [3.8, 4) is 0 Å². The van der Waals surface area contributed by atoms with E-state index < -0.39 is 0 Å². The first-order valence-electron chi connectivity index (χ1n) is 10.0. The van der Waals surface area contributed by atoms with E-state index in [-0.39, 0.29) is 11.9 Å². The predicted molar refractivity (Wildman–Crippen MR) is 92.4 cm³/mol. The molecule has 1 atom stereocenters. The molecule has 4 aliphatic rings. The number of carbonyl (C=O) groups is 2. The Morgan fingerprint density at radius 1 is 0.917 bits per heavy atom. The number of nitrogens with one attached hydrogen (secondary N) is 1. The second kappa shape index (κ2) is 7.03. The lowest BCUT2D eigenvalue weighted by Crippen LogP contribution is -2.58. The average Bonchev–Trinajstić information content (AvgIpc) is 3.53. The Bertz CT molecular complexity index is 473. The second-order valence-corrected chi connectivity index (χ2v) is 8.31. The van der Waals surface area contributed by atoms with E-state index in [2.05, 4.69) is 10.2 Å². The molecule has 0 radical (unpaired) electrons. The highest BCUT2D eigenvalue weighted by Gasteiger charge is 2.39. The van der Waals surface area contributed by atoms with Crippen molar-refractivity contribution in [3.63, 3.8) is 0 Å². The van der Waals surface area contributed by atoms with Crippen molar-refractivity contribution in [2.75, 3.05) is 32.7 Å². The second-order valence-electron chi connectivity index (χ2n) is 8.31. The lowest BCUT2D eigenvalue weighted by Gasteiger charge is -2.41. The summed E-state index contributed by atoms with van der Waals surface area (Å²) in [6.07, 6.45) is 9.59. The van der Waals surface area contributed by atoms with Gasteiger partial charge in [0.05, 0.1) is 6.04 Å². The molecule has 1 saturated heterocycles. The minimum atomic E-state index is 0.0319. The fourth-order valence-electron chi connectivity index (χ4n) is 4.43. The Kier molecular flexibility index (Phi) is 4.79. The van der Waals surface area contributed by atoms with Gasteiger partial charge >= 0.3 is 0 Å². The van der Waals surface area contributed by atoms with Gasteiger partial charge in [0.1, 0.15) is 0 Å². The third kappa shape index (κ3) is 3.76. The van der Waals surface area contributed by atoms with Crippen LogP contribution in [0.15, 0.2) is 0 Å². The lowest BCUT2D eigenvalue weighted by atomic mass is 9.95. The Morgan fingerprint density at radius 2 is 1.58 bits per heavy atom. The van der Waals surface area contributed by atoms with Crippen LogP contribution >= 0.6 is 0 Å². The average molecular weight is 333 g/mol. The van der Waals surface area contributed by atoms with Gasteiger partial charge in [0.15, 0.2) is 0 Å². The monoisotopic (exact) mass is 333 g/mol. The summed E-state index contributed by atoms with van der Waals surface area (Å²) in [5.41, 5.74) is 0. The number of hydrogen-bond acceptors (Lipinski definition) is 3. The summed E-state index contributed by atoms with van der Waals surface area (Å²) in [6.45, 7) is 4.18. The smallest absolute Gasteiger partial charge is 0.237 e. The first-order valence-corrected chi connectivity index (χ1v) is 10.0. The van der Waals surface area contributed by atoms with E-state index in [9.17, 15) is 9.59 Å². The molecule has 5 nitrogen and oxygen atoms in total. The summed E-state index contributed by atoms with van der Waals surface area (Å²) in [4.78, 5) is 29.5. The largest absolute Gasteiger partial charge is 0.354 e. The van der Waals surface area contributed by atoms with Crippen LogP contribution in [0.5, 0.6) is 0 Å². The van der Waals surface area contributed by atoms with E-state index in [1.165, 1.54) is 38.5 Å². The summed E-state index contributed by atoms with van der Waals surface area (Å²) in [6, 6.07) is 0.0319. The number of piperazine rings is 1. The van der Waals surface area contributed by atoms with Crippen LogP contribution in [0, 0.1) is 17.8 Å². The van der Waals surface area contributed by atoms with Gasteiger partial charge in [-0.15, -0.1) is 0 Å². The third-order valence-corrected chi connectivity index (χ3v) is 6.32. The molecule has 0 spiro atoms. The van der Waals surface area contributed by atoms with Crippen LogP contribution in [-0.2, 0) is 9.59 Å². The van der Waals surface area contributed by atoms with Crippen molar-refractivity contribution in [3.05, 3.63) is 0 Å². The Hall–Kier alpha value is -1.10. The highest BCUT2D eigenvalue weighted by Crippen LogP contribution is 2.33. The maximum atomic E-state index is 12.9. The van der Waals surface area contributed by atoms with Crippen molar-refractivity contribution in [1.29, 1.82) is 0 Å². The number of carbonyl (C=O) groups excluding carboxylic acids is 2. The van der Waals surface area contributed by atoms with Crippen LogP contribution in [-0.4, -0.2) is 60.4 Å².